The fourth-order valence-electron chi connectivity index (χ4n) is 2.26. The van der Waals surface area contributed by atoms with Gasteiger partial charge in [0.1, 0.15) is 0 Å². The number of carbonyl (C=O) groups is 2. The molecule has 0 saturated carbocycles. The van der Waals surface area contributed by atoms with Gasteiger partial charge in [-0.25, -0.2) is 0 Å². The first kappa shape index (κ1) is 12.6. The quantitative estimate of drug-likeness (QED) is 0.856. The zero-order chi connectivity index (χ0) is 13.1. The van der Waals surface area contributed by atoms with Crippen molar-refractivity contribution in [1.82, 2.24) is 4.90 Å². The normalized spacial score (nSPS) is 19.6. The molecule has 5 heteroatoms. The van der Waals surface area contributed by atoms with Gasteiger partial charge in [-0.2, -0.15) is 0 Å². The van der Waals surface area contributed by atoms with Gasteiger partial charge in [0.05, 0.1) is 12.6 Å². The molecule has 0 radical (unpaired) electrons. The van der Waals surface area contributed by atoms with Gasteiger partial charge in [-0.05, 0) is 25.6 Å². The average molecular weight is 248 g/mol. The summed E-state index contributed by atoms with van der Waals surface area (Å²) >= 11 is 0. The lowest BCUT2D eigenvalue weighted by Crippen LogP contribution is -2.42. The maximum Gasteiger partial charge on any atom is 0.317 e. The van der Waals surface area contributed by atoms with E-state index in [0.717, 1.165) is 5.69 Å². The molecule has 1 saturated heterocycles. The summed E-state index contributed by atoms with van der Waals surface area (Å²) in [5, 5.41) is 8.75. The molecule has 1 fully saturated rings. The van der Waals surface area contributed by atoms with Crippen molar-refractivity contribution >= 4 is 17.6 Å². The number of amides is 1. The Kier molecular flexibility index (Phi) is 3.62. The van der Waals surface area contributed by atoms with Crippen LogP contribution < -0.4 is 4.90 Å². The molecular formula is C13H16N2O3. The van der Waals surface area contributed by atoms with Crippen molar-refractivity contribution in [3.05, 3.63) is 30.3 Å². The van der Waals surface area contributed by atoms with E-state index in [4.69, 9.17) is 5.11 Å². The van der Waals surface area contributed by atoms with Gasteiger partial charge in [0.2, 0.25) is 5.91 Å². The van der Waals surface area contributed by atoms with Gasteiger partial charge < -0.3 is 10.0 Å². The molecule has 1 N–H and O–H groups in total. The molecule has 1 aromatic carbocycles. The highest BCUT2D eigenvalue weighted by Gasteiger charge is 2.35. The van der Waals surface area contributed by atoms with E-state index in [2.05, 4.69) is 0 Å². The van der Waals surface area contributed by atoms with Crippen LogP contribution in [0.2, 0.25) is 0 Å². The zero-order valence-electron chi connectivity index (χ0n) is 10.2. The van der Waals surface area contributed by atoms with Crippen LogP contribution in [-0.4, -0.2) is 48.1 Å². The van der Waals surface area contributed by atoms with Crippen molar-refractivity contribution in [3.63, 3.8) is 0 Å². The highest BCUT2D eigenvalue weighted by Crippen LogP contribution is 2.23. The van der Waals surface area contributed by atoms with Crippen molar-refractivity contribution in [2.24, 2.45) is 0 Å². The van der Waals surface area contributed by atoms with Crippen LogP contribution in [0.15, 0.2) is 30.3 Å². The molecule has 0 aromatic heterocycles. The van der Waals surface area contributed by atoms with E-state index in [9.17, 15) is 9.59 Å². The van der Waals surface area contributed by atoms with Gasteiger partial charge >= 0.3 is 5.97 Å². The third-order valence-electron chi connectivity index (χ3n) is 3.16. The van der Waals surface area contributed by atoms with Gasteiger partial charge in [-0.3, -0.25) is 14.5 Å². The summed E-state index contributed by atoms with van der Waals surface area (Å²) in [7, 11) is 1.67. The van der Waals surface area contributed by atoms with Gasteiger partial charge in [0.15, 0.2) is 0 Å². The van der Waals surface area contributed by atoms with Crippen LogP contribution in [0.1, 0.15) is 6.42 Å². The second kappa shape index (κ2) is 5.18. The SMILES string of the molecule is CN(CC(=O)O)[C@@H]1CCN(c2ccccc2)C1=O. The molecule has 1 aromatic rings. The van der Waals surface area contributed by atoms with Crippen LogP contribution in [0.25, 0.3) is 0 Å². The molecule has 0 bridgehead atoms. The minimum Gasteiger partial charge on any atom is -0.480 e. The van der Waals surface area contributed by atoms with Gasteiger partial charge in [0.25, 0.3) is 0 Å². The maximum absolute atomic E-state index is 12.2. The molecule has 1 atom stereocenters. The minimum absolute atomic E-state index is 0.0232. The zero-order valence-corrected chi connectivity index (χ0v) is 10.2. The van der Waals surface area contributed by atoms with Crippen LogP contribution in [0.3, 0.4) is 0 Å². The first-order chi connectivity index (χ1) is 8.59. The summed E-state index contributed by atoms with van der Waals surface area (Å²) in [5.41, 5.74) is 0.869. The molecule has 1 aliphatic rings. The Morgan fingerprint density at radius 2 is 2.11 bits per heavy atom. The first-order valence-electron chi connectivity index (χ1n) is 5.88. The molecule has 1 aliphatic heterocycles. The Morgan fingerprint density at radius 1 is 1.44 bits per heavy atom. The first-order valence-corrected chi connectivity index (χ1v) is 5.88. The lowest BCUT2D eigenvalue weighted by molar-refractivity contribution is -0.138. The van der Waals surface area contributed by atoms with Crippen LogP contribution in [0.4, 0.5) is 5.69 Å². The predicted molar refractivity (Wildman–Crippen MR) is 67.5 cm³/mol. The van der Waals surface area contributed by atoms with Gasteiger partial charge in [-0.15, -0.1) is 0 Å². The summed E-state index contributed by atoms with van der Waals surface area (Å²) in [6.45, 7) is 0.524. The van der Waals surface area contributed by atoms with E-state index < -0.39 is 5.97 Å². The van der Waals surface area contributed by atoms with Crippen LogP contribution in [0, 0.1) is 0 Å². The van der Waals surface area contributed by atoms with Crippen LogP contribution >= 0.6 is 0 Å². The summed E-state index contributed by atoms with van der Waals surface area (Å²) in [6, 6.07) is 9.11. The number of anilines is 1. The number of carboxylic acid groups (broad SMARTS) is 1. The van der Waals surface area contributed by atoms with Crippen molar-refractivity contribution in [2.75, 3.05) is 25.0 Å². The topological polar surface area (TPSA) is 60.9 Å². The molecule has 1 heterocycles. The summed E-state index contributed by atoms with van der Waals surface area (Å²) in [5.74, 6) is -0.937. The Hall–Kier alpha value is -1.88. The lowest BCUT2D eigenvalue weighted by atomic mass is 10.2. The monoisotopic (exact) mass is 248 g/mol. The highest BCUT2D eigenvalue weighted by atomic mass is 16.4. The van der Waals surface area contributed by atoms with Crippen molar-refractivity contribution in [1.29, 1.82) is 0 Å². The predicted octanol–water partition coefficient (Wildman–Crippen LogP) is 0.808. The number of hydrogen-bond donors (Lipinski definition) is 1. The molecule has 5 nitrogen and oxygen atoms in total. The van der Waals surface area contributed by atoms with Gasteiger partial charge in [0, 0.05) is 12.2 Å². The fraction of sp³-hybridized carbons (Fsp3) is 0.385. The number of nitrogens with zero attached hydrogens (tertiary/aromatic N) is 2. The van der Waals surface area contributed by atoms with E-state index in [-0.39, 0.29) is 18.5 Å². The number of aliphatic carboxylic acids is 1. The lowest BCUT2D eigenvalue weighted by Gasteiger charge is -2.22. The van der Waals surface area contributed by atoms with Crippen molar-refractivity contribution in [2.45, 2.75) is 12.5 Å². The van der Waals surface area contributed by atoms with E-state index in [1.54, 1.807) is 16.8 Å². The number of hydrogen-bond acceptors (Lipinski definition) is 3. The Labute approximate surface area is 106 Å². The highest BCUT2D eigenvalue weighted by molar-refractivity contribution is 5.99. The smallest absolute Gasteiger partial charge is 0.317 e. The minimum atomic E-state index is -0.913. The number of benzene rings is 1. The summed E-state index contributed by atoms with van der Waals surface area (Å²) in [4.78, 5) is 26.2. The number of rotatable bonds is 4. The number of likely N-dealkylation sites (N-methyl/N-ethyl adjacent to an activating group) is 1. The van der Waals surface area contributed by atoms with Crippen LogP contribution in [-0.2, 0) is 9.59 Å². The summed E-state index contributed by atoms with van der Waals surface area (Å²) in [6.07, 6.45) is 0.664. The number of para-hydroxylation sites is 1. The van der Waals surface area contributed by atoms with E-state index in [1.807, 2.05) is 30.3 Å². The Bertz CT molecular complexity index is 447. The Morgan fingerprint density at radius 3 is 2.72 bits per heavy atom. The largest absolute Gasteiger partial charge is 0.480 e. The molecule has 18 heavy (non-hydrogen) atoms. The third kappa shape index (κ3) is 2.51. The second-order valence-electron chi connectivity index (χ2n) is 4.44. The van der Waals surface area contributed by atoms with Crippen LogP contribution in [0.5, 0.6) is 0 Å². The van der Waals surface area contributed by atoms with Crippen molar-refractivity contribution < 1.29 is 14.7 Å². The van der Waals surface area contributed by atoms with Crippen molar-refractivity contribution in [3.8, 4) is 0 Å². The molecule has 2 rings (SSSR count). The van der Waals surface area contributed by atoms with E-state index in [1.165, 1.54) is 0 Å². The van der Waals surface area contributed by atoms with Gasteiger partial charge in [-0.1, -0.05) is 18.2 Å². The third-order valence-corrected chi connectivity index (χ3v) is 3.16. The fourth-order valence-corrected chi connectivity index (χ4v) is 2.26. The molecule has 96 valence electrons. The van der Waals surface area contributed by atoms with E-state index >= 15 is 0 Å². The molecule has 1 amide bonds. The molecule has 0 aliphatic carbocycles. The average Bonchev–Trinajstić information content (AvgIpc) is 2.71. The maximum atomic E-state index is 12.2. The standard InChI is InChI=1S/C13H16N2O3/c1-14(9-12(16)17)11-7-8-15(13(11)18)10-5-3-2-4-6-10/h2-6,11H,7-9H2,1H3,(H,16,17)/t11-/m1/s1. The second-order valence-corrected chi connectivity index (χ2v) is 4.44. The molecule has 0 unspecified atom stereocenters. The van der Waals surface area contributed by atoms with E-state index in [0.29, 0.717) is 13.0 Å². The molecule has 0 spiro atoms. The number of carbonyl (C=O) groups excluding carboxylic acids is 1. The Balaban J connectivity index is 2.08. The number of carboxylic acids is 1. The summed E-state index contributed by atoms with van der Waals surface area (Å²) < 4.78 is 0. The molecular weight excluding hydrogens is 232 g/mol.